The second-order valence-electron chi connectivity index (χ2n) is 5.43. The molecule has 4 heterocycles. The van der Waals surface area contributed by atoms with Crippen LogP contribution in [0.25, 0.3) is 5.65 Å². The van der Waals surface area contributed by atoms with E-state index in [2.05, 4.69) is 29.6 Å². The fraction of sp³-hybridized carbons (Fsp3) is 0.429. The molecule has 1 aliphatic rings. The van der Waals surface area contributed by atoms with Crippen molar-refractivity contribution >= 4 is 11.5 Å². The summed E-state index contributed by atoms with van der Waals surface area (Å²) in [5.74, 6) is 1.72. The summed E-state index contributed by atoms with van der Waals surface area (Å²) >= 11 is 0. The number of anilines is 1. The van der Waals surface area contributed by atoms with Crippen molar-refractivity contribution in [3.05, 3.63) is 36.7 Å². The molecule has 0 bridgehead atoms. The second kappa shape index (κ2) is 4.83. The molecular formula is C14H17N7. The summed E-state index contributed by atoms with van der Waals surface area (Å²) in [7, 11) is 0. The van der Waals surface area contributed by atoms with Gasteiger partial charge in [0, 0.05) is 31.5 Å². The molecule has 0 aliphatic carbocycles. The van der Waals surface area contributed by atoms with E-state index in [1.807, 2.05) is 37.8 Å². The van der Waals surface area contributed by atoms with E-state index in [-0.39, 0.29) is 0 Å². The van der Waals surface area contributed by atoms with Crippen molar-refractivity contribution in [1.29, 1.82) is 0 Å². The van der Waals surface area contributed by atoms with Crippen LogP contribution in [0.15, 0.2) is 30.9 Å². The molecule has 0 saturated carbocycles. The first kappa shape index (κ1) is 12.3. The molecule has 0 aromatic carbocycles. The summed E-state index contributed by atoms with van der Waals surface area (Å²) in [6, 6.07) is 4.55. The maximum atomic E-state index is 4.56. The van der Waals surface area contributed by atoms with Gasteiger partial charge < -0.3 is 9.47 Å². The van der Waals surface area contributed by atoms with Crippen LogP contribution in [0.3, 0.4) is 0 Å². The van der Waals surface area contributed by atoms with E-state index in [1.165, 1.54) is 0 Å². The van der Waals surface area contributed by atoms with Crippen molar-refractivity contribution in [3.8, 4) is 0 Å². The van der Waals surface area contributed by atoms with E-state index in [0.29, 0.717) is 6.04 Å². The largest absolute Gasteiger partial charge is 0.355 e. The van der Waals surface area contributed by atoms with E-state index in [9.17, 15) is 0 Å². The smallest absolute Gasteiger partial charge is 0.176 e. The maximum Gasteiger partial charge on any atom is 0.176 e. The van der Waals surface area contributed by atoms with E-state index >= 15 is 0 Å². The number of aryl methyl sites for hydroxylation is 1. The minimum absolute atomic E-state index is 0.543. The lowest BCUT2D eigenvalue weighted by molar-refractivity contribution is 0.394. The molecular weight excluding hydrogens is 266 g/mol. The minimum atomic E-state index is 0.543. The number of imidazole rings is 1. The molecule has 3 aromatic rings. The van der Waals surface area contributed by atoms with Gasteiger partial charge in [-0.05, 0) is 31.9 Å². The summed E-state index contributed by atoms with van der Waals surface area (Å²) in [5, 5.41) is 8.84. The molecule has 4 rings (SSSR count). The van der Waals surface area contributed by atoms with Gasteiger partial charge in [0.25, 0.3) is 0 Å². The quantitative estimate of drug-likeness (QED) is 0.712. The zero-order valence-electron chi connectivity index (χ0n) is 11.9. The number of rotatable bonds is 2. The van der Waals surface area contributed by atoms with E-state index in [1.54, 1.807) is 4.63 Å². The van der Waals surface area contributed by atoms with Crippen LogP contribution < -0.4 is 4.90 Å². The summed E-state index contributed by atoms with van der Waals surface area (Å²) in [6.45, 7) is 3.87. The highest BCUT2D eigenvalue weighted by atomic mass is 15.5. The molecule has 0 radical (unpaired) electrons. The summed E-state index contributed by atoms with van der Waals surface area (Å²) in [5.41, 5.74) is 0.796. The van der Waals surface area contributed by atoms with E-state index < -0.39 is 0 Å². The zero-order valence-corrected chi connectivity index (χ0v) is 11.9. The maximum absolute atomic E-state index is 4.56. The molecule has 1 saturated heterocycles. The number of hydrogen-bond acceptors (Lipinski definition) is 5. The predicted molar refractivity (Wildman–Crippen MR) is 78.2 cm³/mol. The van der Waals surface area contributed by atoms with Crippen LogP contribution in [0.5, 0.6) is 0 Å². The lowest BCUT2D eigenvalue weighted by atomic mass is 10.1. The number of piperidine rings is 1. The number of aromatic nitrogens is 6. The number of fused-ring (bicyclic) bond motifs is 1. The Bertz CT molecular complexity index is 738. The third-order valence-electron chi connectivity index (χ3n) is 4.03. The van der Waals surface area contributed by atoms with Crippen molar-refractivity contribution in [1.82, 2.24) is 29.4 Å². The standard InChI is InChI=1S/C14H17N7/c1-11-16-13-2-3-14(18-21(13)17-11)19-7-4-12(5-8-19)20-9-6-15-10-20/h2-3,6,9-10,12H,4-5,7-8H2,1H3. The summed E-state index contributed by atoms with van der Waals surface area (Å²) in [4.78, 5) is 10.7. The molecule has 7 heteroatoms. The van der Waals surface area contributed by atoms with Crippen molar-refractivity contribution in [3.63, 3.8) is 0 Å². The molecule has 0 N–H and O–H groups in total. The zero-order chi connectivity index (χ0) is 14.2. The average Bonchev–Trinajstić information content (AvgIpc) is 3.15. The fourth-order valence-corrected chi connectivity index (χ4v) is 2.93. The first-order valence-corrected chi connectivity index (χ1v) is 7.23. The van der Waals surface area contributed by atoms with Crippen LogP contribution in [-0.2, 0) is 0 Å². The number of hydrogen-bond donors (Lipinski definition) is 0. The lowest BCUT2D eigenvalue weighted by Crippen LogP contribution is -2.35. The molecule has 0 amide bonds. The first-order chi connectivity index (χ1) is 10.3. The third-order valence-corrected chi connectivity index (χ3v) is 4.03. The molecule has 3 aromatic heterocycles. The minimum Gasteiger partial charge on any atom is -0.355 e. The monoisotopic (exact) mass is 283 g/mol. The Hall–Kier alpha value is -2.44. The van der Waals surface area contributed by atoms with Crippen LogP contribution in [0.1, 0.15) is 24.7 Å². The highest BCUT2D eigenvalue weighted by Crippen LogP contribution is 2.25. The summed E-state index contributed by atoms with van der Waals surface area (Å²) in [6.07, 6.45) is 8.00. The molecule has 0 atom stereocenters. The van der Waals surface area contributed by atoms with Gasteiger partial charge in [0.15, 0.2) is 11.5 Å². The fourth-order valence-electron chi connectivity index (χ4n) is 2.93. The Kier molecular flexibility index (Phi) is 2.83. The van der Waals surface area contributed by atoms with Crippen molar-refractivity contribution in [2.24, 2.45) is 0 Å². The van der Waals surface area contributed by atoms with Crippen molar-refractivity contribution in [2.75, 3.05) is 18.0 Å². The first-order valence-electron chi connectivity index (χ1n) is 7.23. The van der Waals surface area contributed by atoms with Crippen LogP contribution in [0, 0.1) is 6.92 Å². The third kappa shape index (κ3) is 2.24. The van der Waals surface area contributed by atoms with Gasteiger partial charge in [-0.15, -0.1) is 14.8 Å². The van der Waals surface area contributed by atoms with Gasteiger partial charge in [0.1, 0.15) is 5.82 Å². The Morgan fingerprint density at radius 3 is 2.76 bits per heavy atom. The van der Waals surface area contributed by atoms with E-state index in [0.717, 1.165) is 43.2 Å². The van der Waals surface area contributed by atoms with Crippen LogP contribution in [0.4, 0.5) is 5.82 Å². The summed E-state index contributed by atoms with van der Waals surface area (Å²) < 4.78 is 3.82. The van der Waals surface area contributed by atoms with Gasteiger partial charge in [0.2, 0.25) is 0 Å². The van der Waals surface area contributed by atoms with Crippen molar-refractivity contribution in [2.45, 2.75) is 25.8 Å². The Labute approximate surface area is 122 Å². The van der Waals surface area contributed by atoms with Gasteiger partial charge >= 0.3 is 0 Å². The van der Waals surface area contributed by atoms with Gasteiger partial charge in [-0.3, -0.25) is 0 Å². The van der Waals surface area contributed by atoms with Gasteiger partial charge in [-0.2, -0.15) is 0 Å². The van der Waals surface area contributed by atoms with Crippen LogP contribution >= 0.6 is 0 Å². The highest BCUT2D eigenvalue weighted by molar-refractivity contribution is 5.45. The molecule has 1 aliphatic heterocycles. The van der Waals surface area contributed by atoms with Crippen LogP contribution in [0.2, 0.25) is 0 Å². The molecule has 7 nitrogen and oxygen atoms in total. The molecule has 108 valence electrons. The van der Waals surface area contributed by atoms with Gasteiger partial charge in [-0.1, -0.05) is 0 Å². The van der Waals surface area contributed by atoms with Crippen LogP contribution in [-0.4, -0.2) is 42.5 Å². The van der Waals surface area contributed by atoms with Gasteiger partial charge in [-0.25, -0.2) is 9.97 Å². The Morgan fingerprint density at radius 1 is 1.14 bits per heavy atom. The predicted octanol–water partition coefficient (Wildman–Crippen LogP) is 1.47. The van der Waals surface area contributed by atoms with E-state index in [4.69, 9.17) is 0 Å². The Morgan fingerprint density at radius 2 is 2.00 bits per heavy atom. The van der Waals surface area contributed by atoms with Gasteiger partial charge in [0.05, 0.1) is 6.33 Å². The Balaban J connectivity index is 1.51. The number of nitrogens with zero attached hydrogens (tertiary/aromatic N) is 7. The molecule has 1 fully saturated rings. The second-order valence-corrected chi connectivity index (χ2v) is 5.43. The molecule has 0 unspecified atom stereocenters. The lowest BCUT2D eigenvalue weighted by Gasteiger charge is -2.33. The average molecular weight is 283 g/mol. The molecule has 0 spiro atoms. The SMILES string of the molecule is Cc1nc2ccc(N3CCC(n4ccnc4)CC3)nn2n1. The topological polar surface area (TPSA) is 64.1 Å². The molecule has 21 heavy (non-hydrogen) atoms. The normalized spacial score (nSPS) is 16.7. The highest BCUT2D eigenvalue weighted by Gasteiger charge is 2.21. The van der Waals surface area contributed by atoms with Crippen molar-refractivity contribution < 1.29 is 0 Å².